The quantitative estimate of drug-likeness (QED) is 0.670. The fraction of sp³-hybridized carbons (Fsp3) is 0.529. The lowest BCUT2D eigenvalue weighted by molar-refractivity contribution is -0.0934. The van der Waals surface area contributed by atoms with E-state index in [0.29, 0.717) is 17.8 Å². The third-order valence-corrected chi connectivity index (χ3v) is 4.89. The molecule has 1 aromatic rings. The minimum atomic E-state index is 0.251. The molecule has 1 aromatic carbocycles. The van der Waals surface area contributed by atoms with E-state index in [4.69, 9.17) is 4.74 Å². The minimum Gasteiger partial charge on any atom is -0.373 e. The molecule has 0 aromatic heterocycles. The largest absolute Gasteiger partial charge is 0.373 e. The van der Waals surface area contributed by atoms with Crippen molar-refractivity contribution >= 4 is 0 Å². The Labute approximate surface area is 110 Å². The fourth-order valence-electron chi connectivity index (χ4n) is 3.89. The molecule has 1 aliphatic heterocycles. The number of benzene rings is 1. The molecule has 1 heteroatoms. The Morgan fingerprint density at radius 2 is 1.83 bits per heavy atom. The first kappa shape index (κ1) is 12.0. The summed E-state index contributed by atoms with van der Waals surface area (Å²) in [6, 6.07) is 10.7. The molecule has 0 N–H and O–H groups in total. The molecule has 1 heterocycles. The lowest BCUT2D eigenvalue weighted by Gasteiger charge is -2.47. The summed E-state index contributed by atoms with van der Waals surface area (Å²) >= 11 is 0. The highest BCUT2D eigenvalue weighted by atomic mass is 16.5. The van der Waals surface area contributed by atoms with Gasteiger partial charge in [-0.1, -0.05) is 55.8 Å². The van der Waals surface area contributed by atoms with Crippen molar-refractivity contribution in [3.05, 3.63) is 47.5 Å². The zero-order valence-electron chi connectivity index (χ0n) is 11.5. The molecule has 0 radical (unpaired) electrons. The van der Waals surface area contributed by atoms with E-state index >= 15 is 0 Å². The van der Waals surface area contributed by atoms with Crippen molar-refractivity contribution in [2.24, 2.45) is 23.7 Å². The first-order valence-electron chi connectivity index (χ1n) is 7.03. The summed E-state index contributed by atoms with van der Waals surface area (Å²) in [6.07, 6.45) is 2.72. The van der Waals surface area contributed by atoms with Gasteiger partial charge in [-0.3, -0.25) is 0 Å². The molecule has 18 heavy (non-hydrogen) atoms. The van der Waals surface area contributed by atoms with Crippen LogP contribution in [0, 0.1) is 23.7 Å². The molecule has 5 atom stereocenters. The molecule has 0 saturated carbocycles. The van der Waals surface area contributed by atoms with Crippen LogP contribution in [0.1, 0.15) is 32.4 Å². The summed E-state index contributed by atoms with van der Waals surface area (Å²) in [6.45, 7) is 7.91. The van der Waals surface area contributed by atoms with Gasteiger partial charge in [-0.05, 0) is 30.2 Å². The van der Waals surface area contributed by atoms with E-state index in [1.807, 2.05) is 0 Å². The van der Waals surface area contributed by atoms with E-state index in [-0.39, 0.29) is 6.10 Å². The summed E-state index contributed by atoms with van der Waals surface area (Å²) < 4.78 is 6.20. The van der Waals surface area contributed by atoms with Gasteiger partial charge in [-0.2, -0.15) is 0 Å². The van der Waals surface area contributed by atoms with Gasteiger partial charge in [0, 0.05) is 5.92 Å². The van der Waals surface area contributed by atoms with Crippen LogP contribution in [0.3, 0.4) is 0 Å². The zero-order valence-corrected chi connectivity index (χ0v) is 11.5. The molecule has 0 spiro atoms. The zero-order chi connectivity index (χ0) is 12.7. The second-order valence-electron chi connectivity index (χ2n) is 5.98. The number of hydrogen-bond donors (Lipinski definition) is 0. The Hall–Kier alpha value is -1.08. The van der Waals surface area contributed by atoms with E-state index in [1.54, 1.807) is 0 Å². The summed E-state index contributed by atoms with van der Waals surface area (Å²) in [5.74, 6) is 2.64. The standard InChI is InChI=1S/C17H22O/c1-11-9-12(2)16-13(3)15(11)10-18-17(16)14-7-5-4-6-8-14/h4-9,11,13,15-17H,10H2,1-3H3/t11-,13+,15-,16+,17-/m1/s1. The van der Waals surface area contributed by atoms with Crippen LogP contribution in [-0.4, -0.2) is 6.61 Å². The predicted octanol–water partition coefficient (Wildman–Crippen LogP) is 4.22. The highest BCUT2D eigenvalue weighted by molar-refractivity contribution is 5.25. The predicted molar refractivity (Wildman–Crippen MR) is 74.2 cm³/mol. The average Bonchev–Trinajstić information content (AvgIpc) is 2.37. The molecule has 2 bridgehead atoms. The van der Waals surface area contributed by atoms with Crippen LogP contribution in [0.5, 0.6) is 0 Å². The highest BCUT2D eigenvalue weighted by Crippen LogP contribution is 2.49. The second kappa shape index (κ2) is 4.55. The van der Waals surface area contributed by atoms with Crippen molar-refractivity contribution in [1.29, 1.82) is 0 Å². The Kier molecular flexibility index (Phi) is 3.03. The minimum absolute atomic E-state index is 0.251. The topological polar surface area (TPSA) is 9.23 Å². The molecule has 1 saturated heterocycles. The molecular formula is C17H22O. The van der Waals surface area contributed by atoms with Gasteiger partial charge in [0.1, 0.15) is 0 Å². The van der Waals surface area contributed by atoms with Crippen molar-refractivity contribution in [1.82, 2.24) is 0 Å². The van der Waals surface area contributed by atoms with Crippen molar-refractivity contribution in [3.8, 4) is 0 Å². The van der Waals surface area contributed by atoms with E-state index in [2.05, 4.69) is 57.2 Å². The fourth-order valence-corrected chi connectivity index (χ4v) is 3.89. The number of fused-ring (bicyclic) bond motifs is 2. The Morgan fingerprint density at radius 3 is 2.56 bits per heavy atom. The molecule has 1 aliphatic carbocycles. The van der Waals surface area contributed by atoms with Gasteiger partial charge >= 0.3 is 0 Å². The van der Waals surface area contributed by atoms with Crippen LogP contribution in [0.15, 0.2) is 42.0 Å². The molecule has 1 fully saturated rings. The van der Waals surface area contributed by atoms with E-state index in [0.717, 1.165) is 12.5 Å². The van der Waals surface area contributed by atoms with Gasteiger partial charge in [-0.15, -0.1) is 0 Å². The van der Waals surface area contributed by atoms with E-state index in [1.165, 1.54) is 11.1 Å². The first-order chi connectivity index (χ1) is 8.68. The van der Waals surface area contributed by atoms with E-state index in [9.17, 15) is 0 Å². The van der Waals surface area contributed by atoms with Crippen LogP contribution in [0.25, 0.3) is 0 Å². The molecule has 3 rings (SSSR count). The third kappa shape index (κ3) is 1.81. The number of ether oxygens (including phenoxy) is 1. The summed E-state index contributed by atoms with van der Waals surface area (Å²) in [5, 5.41) is 0. The van der Waals surface area contributed by atoms with E-state index < -0.39 is 0 Å². The number of allylic oxidation sites excluding steroid dienone is 1. The summed E-state index contributed by atoms with van der Waals surface area (Å²) in [5.41, 5.74) is 2.84. The molecule has 0 unspecified atom stereocenters. The Morgan fingerprint density at radius 1 is 1.11 bits per heavy atom. The SMILES string of the molecule is CC1=C[C@@H](C)[C@H]2CO[C@H](c3ccccc3)[C@@H]1[C@H]2C. The highest BCUT2D eigenvalue weighted by Gasteiger charge is 2.43. The van der Waals surface area contributed by atoms with Crippen LogP contribution in [-0.2, 0) is 4.74 Å². The maximum absolute atomic E-state index is 6.20. The molecular weight excluding hydrogens is 220 g/mol. The molecule has 96 valence electrons. The van der Waals surface area contributed by atoms with Gasteiger partial charge < -0.3 is 4.74 Å². The molecule has 2 aliphatic rings. The van der Waals surface area contributed by atoms with Crippen LogP contribution < -0.4 is 0 Å². The van der Waals surface area contributed by atoms with Crippen molar-refractivity contribution < 1.29 is 4.74 Å². The maximum atomic E-state index is 6.20. The van der Waals surface area contributed by atoms with Gasteiger partial charge in [-0.25, -0.2) is 0 Å². The molecule has 1 nitrogen and oxygen atoms in total. The average molecular weight is 242 g/mol. The summed E-state index contributed by atoms with van der Waals surface area (Å²) in [4.78, 5) is 0. The van der Waals surface area contributed by atoms with Crippen LogP contribution in [0.4, 0.5) is 0 Å². The number of rotatable bonds is 1. The Bertz CT molecular complexity index is 448. The summed E-state index contributed by atoms with van der Waals surface area (Å²) in [7, 11) is 0. The second-order valence-corrected chi connectivity index (χ2v) is 5.98. The lowest BCUT2D eigenvalue weighted by Crippen LogP contribution is -2.42. The number of hydrogen-bond acceptors (Lipinski definition) is 1. The normalized spacial score (nSPS) is 39.3. The van der Waals surface area contributed by atoms with Crippen LogP contribution >= 0.6 is 0 Å². The maximum Gasteiger partial charge on any atom is 0.0892 e. The van der Waals surface area contributed by atoms with Crippen molar-refractivity contribution in [3.63, 3.8) is 0 Å². The third-order valence-electron chi connectivity index (χ3n) is 4.89. The lowest BCUT2D eigenvalue weighted by atomic mass is 9.65. The monoisotopic (exact) mass is 242 g/mol. The van der Waals surface area contributed by atoms with Crippen molar-refractivity contribution in [2.75, 3.05) is 6.61 Å². The first-order valence-corrected chi connectivity index (χ1v) is 7.03. The molecule has 0 amide bonds. The smallest absolute Gasteiger partial charge is 0.0892 e. The van der Waals surface area contributed by atoms with Gasteiger partial charge in [0.05, 0.1) is 12.7 Å². The van der Waals surface area contributed by atoms with Gasteiger partial charge in [0.15, 0.2) is 0 Å². The van der Waals surface area contributed by atoms with Gasteiger partial charge in [0.2, 0.25) is 0 Å². The van der Waals surface area contributed by atoms with Gasteiger partial charge in [0.25, 0.3) is 0 Å². The van der Waals surface area contributed by atoms with Crippen LogP contribution in [0.2, 0.25) is 0 Å². The Balaban J connectivity index is 1.97. The van der Waals surface area contributed by atoms with Crippen molar-refractivity contribution in [2.45, 2.75) is 26.9 Å².